The second-order valence-electron chi connectivity index (χ2n) is 16.6. The summed E-state index contributed by atoms with van der Waals surface area (Å²) in [4.78, 5) is 0. The second-order valence-corrected chi connectivity index (χ2v) is 16.6. The fourth-order valence-electron chi connectivity index (χ4n) is 9.71. The van der Waals surface area contributed by atoms with E-state index in [0.29, 0.717) is 0 Å². The first-order chi connectivity index (χ1) is 31.7. The fraction of sp³-hybridized carbons (Fsp3) is 0. The van der Waals surface area contributed by atoms with Crippen molar-refractivity contribution in [1.82, 2.24) is 0 Å². The molecular weight excluding hydrogens is 773 g/mol. The molecule has 0 amide bonds. The van der Waals surface area contributed by atoms with E-state index in [-0.39, 0.29) is 0 Å². The van der Waals surface area contributed by atoms with Crippen molar-refractivity contribution in [3.63, 3.8) is 0 Å². The molecule has 0 aliphatic heterocycles. The SMILES string of the molecule is c1ccc(-c2cccc(-c3c(Nc4ccc5ccccc5c4)c4c5ccccc5cc(-c5cc(-c6ccccc6)ccc5Nc5ccc6ccccc6c5)c4c4ccccc34)c2)cc1. The number of benzene rings is 12. The Labute approximate surface area is 372 Å². The molecule has 0 saturated carbocycles. The van der Waals surface area contributed by atoms with Gasteiger partial charge in [-0.05, 0) is 125 Å². The van der Waals surface area contributed by atoms with Crippen LogP contribution in [-0.2, 0) is 0 Å². The lowest BCUT2D eigenvalue weighted by Crippen LogP contribution is -2.00. The molecule has 300 valence electrons. The lowest BCUT2D eigenvalue weighted by Gasteiger charge is -2.24. The minimum atomic E-state index is 1.04. The lowest BCUT2D eigenvalue weighted by atomic mass is 9.83. The van der Waals surface area contributed by atoms with Gasteiger partial charge < -0.3 is 10.6 Å². The van der Waals surface area contributed by atoms with Gasteiger partial charge in [0.05, 0.1) is 5.69 Å². The molecule has 0 saturated heterocycles. The van der Waals surface area contributed by atoms with Crippen molar-refractivity contribution in [1.29, 1.82) is 0 Å². The minimum absolute atomic E-state index is 1.04. The highest BCUT2D eigenvalue weighted by Crippen LogP contribution is 2.51. The maximum absolute atomic E-state index is 4.12. The highest BCUT2D eigenvalue weighted by molar-refractivity contribution is 6.32. The van der Waals surface area contributed by atoms with Crippen molar-refractivity contribution >= 4 is 76.6 Å². The summed E-state index contributed by atoms with van der Waals surface area (Å²) in [5.41, 5.74) is 13.5. The van der Waals surface area contributed by atoms with Crippen LogP contribution in [0.2, 0.25) is 0 Å². The maximum atomic E-state index is 4.12. The van der Waals surface area contributed by atoms with E-state index in [1.807, 2.05) is 0 Å². The van der Waals surface area contributed by atoms with Gasteiger partial charge in [0, 0.05) is 39.0 Å². The Balaban J connectivity index is 1.19. The number of fused-ring (bicyclic) bond motifs is 7. The van der Waals surface area contributed by atoms with Gasteiger partial charge in [0.1, 0.15) is 0 Å². The van der Waals surface area contributed by atoms with Crippen LogP contribution in [0.5, 0.6) is 0 Å². The molecule has 0 heterocycles. The second kappa shape index (κ2) is 15.8. The zero-order valence-corrected chi connectivity index (χ0v) is 35.1. The van der Waals surface area contributed by atoms with Crippen LogP contribution < -0.4 is 10.6 Å². The Morgan fingerprint density at radius 1 is 0.250 bits per heavy atom. The van der Waals surface area contributed by atoms with E-state index >= 15 is 0 Å². The monoisotopic (exact) mass is 814 g/mol. The quantitative estimate of drug-likeness (QED) is 0.149. The average Bonchev–Trinajstić information content (AvgIpc) is 3.36. The average molecular weight is 815 g/mol. The minimum Gasteiger partial charge on any atom is -0.355 e. The van der Waals surface area contributed by atoms with Gasteiger partial charge >= 0.3 is 0 Å². The van der Waals surface area contributed by atoms with E-state index in [9.17, 15) is 0 Å². The molecule has 2 heteroatoms. The largest absolute Gasteiger partial charge is 0.355 e. The summed E-state index contributed by atoms with van der Waals surface area (Å²) in [7, 11) is 0. The van der Waals surface area contributed by atoms with E-state index < -0.39 is 0 Å². The molecule has 0 bridgehead atoms. The topological polar surface area (TPSA) is 24.1 Å². The van der Waals surface area contributed by atoms with Crippen molar-refractivity contribution in [2.45, 2.75) is 0 Å². The third kappa shape index (κ3) is 6.70. The van der Waals surface area contributed by atoms with Crippen LogP contribution in [0.1, 0.15) is 0 Å². The summed E-state index contributed by atoms with van der Waals surface area (Å²) in [6, 6.07) is 88.1. The third-order valence-corrected chi connectivity index (χ3v) is 12.7. The zero-order chi connectivity index (χ0) is 42.4. The molecule has 0 atom stereocenters. The highest BCUT2D eigenvalue weighted by atomic mass is 14.9. The molecule has 64 heavy (non-hydrogen) atoms. The van der Waals surface area contributed by atoms with Crippen LogP contribution in [0.25, 0.3) is 98.4 Å². The van der Waals surface area contributed by atoms with Gasteiger partial charge in [0.2, 0.25) is 0 Å². The van der Waals surface area contributed by atoms with Crippen LogP contribution in [0.3, 0.4) is 0 Å². The van der Waals surface area contributed by atoms with Crippen molar-refractivity contribution in [2.24, 2.45) is 0 Å². The summed E-state index contributed by atoms with van der Waals surface area (Å²) < 4.78 is 0. The number of hydrogen-bond acceptors (Lipinski definition) is 2. The van der Waals surface area contributed by atoms with Gasteiger partial charge in [-0.3, -0.25) is 0 Å². The summed E-state index contributed by atoms with van der Waals surface area (Å²) in [6.07, 6.45) is 0. The standard InChI is InChI=1S/C62H42N2/c1-3-16-41(17-4-1)45-25-15-26-50(36-45)59-54-28-13-14-29-55(54)60-57(40-49-24-11-12-27-53(49)61(60)62(59)64-52-34-31-44-21-8-10-23-47(44)38-52)56-39-48(42-18-5-2-6-19-42)32-35-58(56)63-51-33-30-43-20-7-9-22-46(43)37-51/h1-40,63-64H. The van der Waals surface area contributed by atoms with Gasteiger partial charge in [0.25, 0.3) is 0 Å². The van der Waals surface area contributed by atoms with E-state index in [2.05, 4.69) is 253 Å². The number of nitrogens with one attached hydrogen (secondary N) is 2. The number of anilines is 4. The van der Waals surface area contributed by atoms with Gasteiger partial charge in [0.15, 0.2) is 0 Å². The van der Waals surface area contributed by atoms with E-state index in [4.69, 9.17) is 0 Å². The smallest absolute Gasteiger partial charge is 0.0556 e. The summed E-state index contributed by atoms with van der Waals surface area (Å²) in [5, 5.41) is 20.0. The Morgan fingerprint density at radius 3 is 1.44 bits per heavy atom. The van der Waals surface area contributed by atoms with Gasteiger partial charge in [-0.15, -0.1) is 0 Å². The van der Waals surface area contributed by atoms with Crippen molar-refractivity contribution < 1.29 is 0 Å². The molecule has 12 aromatic rings. The predicted octanol–water partition coefficient (Wildman–Crippen LogP) is 17.6. The Kier molecular flexibility index (Phi) is 9.20. The Bertz CT molecular complexity index is 3720. The van der Waals surface area contributed by atoms with Gasteiger partial charge in [-0.25, -0.2) is 0 Å². The molecular formula is C62H42N2. The molecule has 0 aliphatic rings. The van der Waals surface area contributed by atoms with Crippen LogP contribution >= 0.6 is 0 Å². The van der Waals surface area contributed by atoms with E-state index in [1.165, 1.54) is 76.1 Å². The molecule has 0 aromatic heterocycles. The Hall–Kier alpha value is -8.46. The first kappa shape index (κ1) is 37.3. The summed E-state index contributed by atoms with van der Waals surface area (Å²) in [5.74, 6) is 0. The lowest BCUT2D eigenvalue weighted by molar-refractivity contribution is 1.54. The highest BCUT2D eigenvalue weighted by Gasteiger charge is 2.23. The fourth-order valence-corrected chi connectivity index (χ4v) is 9.71. The summed E-state index contributed by atoms with van der Waals surface area (Å²) >= 11 is 0. The summed E-state index contributed by atoms with van der Waals surface area (Å²) in [6.45, 7) is 0. The number of rotatable bonds is 8. The molecule has 2 nitrogen and oxygen atoms in total. The van der Waals surface area contributed by atoms with Crippen LogP contribution in [0.4, 0.5) is 22.7 Å². The zero-order valence-electron chi connectivity index (χ0n) is 35.1. The number of hydrogen-bond donors (Lipinski definition) is 2. The van der Waals surface area contributed by atoms with Crippen LogP contribution in [0.15, 0.2) is 243 Å². The third-order valence-electron chi connectivity index (χ3n) is 12.7. The van der Waals surface area contributed by atoms with Crippen molar-refractivity contribution in [2.75, 3.05) is 10.6 Å². The van der Waals surface area contributed by atoms with Crippen molar-refractivity contribution in [3.05, 3.63) is 243 Å². The first-order valence-corrected chi connectivity index (χ1v) is 22.0. The van der Waals surface area contributed by atoms with Crippen LogP contribution in [-0.4, -0.2) is 0 Å². The predicted molar refractivity (Wildman–Crippen MR) is 275 cm³/mol. The molecule has 0 unspecified atom stereocenters. The van der Waals surface area contributed by atoms with E-state index in [0.717, 1.165) is 45.0 Å². The van der Waals surface area contributed by atoms with E-state index in [1.54, 1.807) is 0 Å². The molecule has 0 fully saturated rings. The molecule has 0 aliphatic carbocycles. The molecule has 12 aromatic carbocycles. The Morgan fingerprint density at radius 2 is 0.766 bits per heavy atom. The molecule has 0 spiro atoms. The van der Waals surface area contributed by atoms with Crippen molar-refractivity contribution in [3.8, 4) is 44.5 Å². The molecule has 0 radical (unpaired) electrons. The van der Waals surface area contributed by atoms with Crippen LogP contribution in [0, 0.1) is 0 Å². The normalized spacial score (nSPS) is 11.4. The van der Waals surface area contributed by atoms with Gasteiger partial charge in [-0.1, -0.05) is 194 Å². The maximum Gasteiger partial charge on any atom is 0.0556 e. The van der Waals surface area contributed by atoms with Gasteiger partial charge in [-0.2, -0.15) is 0 Å². The molecule has 12 rings (SSSR count). The first-order valence-electron chi connectivity index (χ1n) is 22.0. The molecule has 2 N–H and O–H groups in total.